The van der Waals surface area contributed by atoms with E-state index in [0.29, 0.717) is 10.6 Å². The Morgan fingerprint density at radius 1 is 1.05 bits per heavy atom. The second-order valence-corrected chi connectivity index (χ2v) is 5.14. The lowest BCUT2D eigenvalue weighted by Gasteiger charge is -2.11. The van der Waals surface area contributed by atoms with Crippen LogP contribution in [0.15, 0.2) is 54.2 Å². The Morgan fingerprint density at radius 3 is 2.00 bits per heavy atom. The van der Waals surface area contributed by atoms with E-state index in [-0.39, 0.29) is 5.70 Å². The summed E-state index contributed by atoms with van der Waals surface area (Å²) in [5.41, 5.74) is 3.11. The second-order valence-electron chi connectivity index (χ2n) is 4.70. The molecule has 0 aliphatic rings. The zero-order valence-electron chi connectivity index (χ0n) is 12.3. The molecular formula is C18H14ClNO2. The molecule has 4 heteroatoms. The fraction of sp³-hybridized carbons (Fsp3) is 0.111. The average Bonchev–Trinajstić information content (AvgIpc) is 2.54. The van der Waals surface area contributed by atoms with E-state index in [9.17, 15) is 4.79 Å². The molecule has 110 valence electrons. The molecule has 0 N–H and O–H groups in total. The first-order chi connectivity index (χ1) is 10.6. The van der Waals surface area contributed by atoms with Gasteiger partial charge in [0.15, 0.2) is 0 Å². The van der Waals surface area contributed by atoms with Gasteiger partial charge in [-0.15, -0.1) is 0 Å². The van der Waals surface area contributed by atoms with Crippen LogP contribution in [-0.2, 0) is 9.53 Å². The van der Waals surface area contributed by atoms with Gasteiger partial charge in [-0.2, -0.15) is 0 Å². The number of carbonyl (C=O) groups is 1. The van der Waals surface area contributed by atoms with E-state index < -0.39 is 5.97 Å². The third kappa shape index (κ3) is 3.36. The monoisotopic (exact) mass is 311 g/mol. The van der Waals surface area contributed by atoms with Crippen molar-refractivity contribution in [2.24, 2.45) is 0 Å². The minimum absolute atomic E-state index is 0.0475. The summed E-state index contributed by atoms with van der Waals surface area (Å²) in [4.78, 5) is 15.3. The molecular weight excluding hydrogens is 298 g/mol. The number of esters is 1. The fourth-order valence-corrected chi connectivity index (χ4v) is 2.20. The van der Waals surface area contributed by atoms with Crippen molar-refractivity contribution in [2.75, 3.05) is 7.11 Å². The Kier molecular flexibility index (Phi) is 4.98. The summed E-state index contributed by atoms with van der Waals surface area (Å²) >= 11 is 5.92. The Morgan fingerprint density at radius 2 is 1.55 bits per heavy atom. The van der Waals surface area contributed by atoms with Gasteiger partial charge in [0.1, 0.15) is 0 Å². The van der Waals surface area contributed by atoms with Gasteiger partial charge in [-0.3, -0.25) is 4.79 Å². The summed E-state index contributed by atoms with van der Waals surface area (Å²) < 4.78 is 4.74. The van der Waals surface area contributed by atoms with Gasteiger partial charge in [-0.25, -0.2) is 4.85 Å². The van der Waals surface area contributed by atoms with Crippen LogP contribution in [0.25, 0.3) is 10.4 Å². The summed E-state index contributed by atoms with van der Waals surface area (Å²) in [6.07, 6.45) is 0. The Bertz CT molecular complexity index is 706. The SMILES string of the molecule is [C-]#[N+]/C(C(=O)OC)=C(/c1ccc(C)cc1)c1ccc(Cl)cc1. The zero-order chi connectivity index (χ0) is 16.1. The molecule has 0 unspecified atom stereocenters. The maximum atomic E-state index is 11.9. The fourth-order valence-electron chi connectivity index (χ4n) is 2.08. The summed E-state index contributed by atoms with van der Waals surface area (Å²) in [7, 11) is 1.27. The molecule has 0 radical (unpaired) electrons. The maximum absolute atomic E-state index is 11.9. The van der Waals surface area contributed by atoms with Crippen molar-refractivity contribution >= 4 is 23.1 Å². The molecule has 0 heterocycles. The van der Waals surface area contributed by atoms with Crippen LogP contribution in [0.5, 0.6) is 0 Å². The molecule has 0 aliphatic heterocycles. The number of rotatable bonds is 3. The number of halogens is 1. The molecule has 2 rings (SSSR count). The van der Waals surface area contributed by atoms with Crippen molar-refractivity contribution in [1.29, 1.82) is 0 Å². The predicted octanol–water partition coefficient (Wildman–Crippen LogP) is 4.50. The quantitative estimate of drug-likeness (QED) is 0.474. The number of hydrogen-bond acceptors (Lipinski definition) is 2. The van der Waals surface area contributed by atoms with Crippen molar-refractivity contribution in [3.8, 4) is 0 Å². The first-order valence-electron chi connectivity index (χ1n) is 6.60. The van der Waals surface area contributed by atoms with Gasteiger partial charge in [0, 0.05) is 10.6 Å². The largest absolute Gasteiger partial charge is 0.474 e. The van der Waals surface area contributed by atoms with Crippen molar-refractivity contribution in [2.45, 2.75) is 6.92 Å². The normalized spacial score (nSPS) is 11.4. The zero-order valence-corrected chi connectivity index (χ0v) is 13.0. The van der Waals surface area contributed by atoms with Crippen LogP contribution < -0.4 is 0 Å². The number of hydrogen-bond donors (Lipinski definition) is 0. The van der Waals surface area contributed by atoms with Crippen LogP contribution in [-0.4, -0.2) is 13.1 Å². The topological polar surface area (TPSA) is 30.7 Å². The van der Waals surface area contributed by atoms with Crippen molar-refractivity contribution in [3.05, 3.63) is 87.4 Å². The second kappa shape index (κ2) is 6.93. The highest BCUT2D eigenvalue weighted by atomic mass is 35.5. The van der Waals surface area contributed by atoms with E-state index in [1.165, 1.54) is 7.11 Å². The van der Waals surface area contributed by atoms with Gasteiger partial charge >= 0.3 is 5.97 Å². The average molecular weight is 312 g/mol. The van der Waals surface area contributed by atoms with Crippen LogP contribution in [0.1, 0.15) is 16.7 Å². The Balaban J connectivity index is 2.71. The van der Waals surface area contributed by atoms with Gasteiger partial charge in [-0.05, 0) is 30.2 Å². The van der Waals surface area contributed by atoms with E-state index >= 15 is 0 Å². The Hall–Kier alpha value is -2.57. The van der Waals surface area contributed by atoms with Gasteiger partial charge in [0.2, 0.25) is 0 Å². The summed E-state index contributed by atoms with van der Waals surface area (Å²) in [5.74, 6) is -0.652. The van der Waals surface area contributed by atoms with Gasteiger partial charge in [0.05, 0.1) is 13.7 Å². The number of nitrogens with zero attached hydrogens (tertiary/aromatic N) is 1. The molecule has 2 aromatic carbocycles. The molecule has 22 heavy (non-hydrogen) atoms. The maximum Gasteiger partial charge on any atom is 0.336 e. The molecule has 0 spiro atoms. The number of methoxy groups -OCH3 is 1. The number of carbonyl (C=O) groups excluding carboxylic acids is 1. The van der Waals surface area contributed by atoms with Crippen molar-refractivity contribution < 1.29 is 9.53 Å². The molecule has 3 nitrogen and oxygen atoms in total. The van der Waals surface area contributed by atoms with Gasteiger partial charge in [0.25, 0.3) is 5.70 Å². The number of benzene rings is 2. The summed E-state index contributed by atoms with van der Waals surface area (Å²) in [6.45, 7) is 9.33. The molecule has 0 amide bonds. The third-order valence-corrected chi connectivity index (χ3v) is 3.45. The van der Waals surface area contributed by atoms with Crippen LogP contribution in [0.4, 0.5) is 0 Å². The van der Waals surface area contributed by atoms with E-state index in [2.05, 4.69) is 4.85 Å². The molecule has 0 aromatic heterocycles. The molecule has 0 bridgehead atoms. The first-order valence-corrected chi connectivity index (χ1v) is 6.97. The summed E-state index contributed by atoms with van der Waals surface area (Å²) in [5, 5.41) is 0.592. The van der Waals surface area contributed by atoms with Crippen LogP contribution in [0.2, 0.25) is 5.02 Å². The highest BCUT2D eigenvalue weighted by Gasteiger charge is 2.19. The molecule has 0 atom stereocenters. The van der Waals surface area contributed by atoms with E-state index in [4.69, 9.17) is 22.9 Å². The minimum atomic E-state index is -0.652. The van der Waals surface area contributed by atoms with Crippen LogP contribution >= 0.6 is 11.6 Å². The van der Waals surface area contributed by atoms with E-state index in [1.54, 1.807) is 24.3 Å². The lowest BCUT2D eigenvalue weighted by molar-refractivity contribution is -0.135. The number of ether oxygens (including phenoxy) is 1. The standard InChI is InChI=1S/C18H14ClNO2/c1-12-4-6-13(7-5-12)16(17(20-2)18(21)22-3)14-8-10-15(19)11-9-14/h4-11H,1,3H3/b17-16-. The highest BCUT2D eigenvalue weighted by molar-refractivity contribution is 6.30. The molecule has 2 aromatic rings. The minimum Gasteiger partial charge on any atom is -0.474 e. The Labute approximate surface area is 134 Å². The smallest absolute Gasteiger partial charge is 0.336 e. The lowest BCUT2D eigenvalue weighted by Crippen LogP contribution is -2.05. The lowest BCUT2D eigenvalue weighted by atomic mass is 9.95. The molecule has 0 aliphatic carbocycles. The van der Waals surface area contributed by atoms with Crippen molar-refractivity contribution in [1.82, 2.24) is 0 Å². The van der Waals surface area contributed by atoms with E-state index in [1.807, 2.05) is 31.2 Å². The third-order valence-electron chi connectivity index (χ3n) is 3.20. The van der Waals surface area contributed by atoms with Crippen LogP contribution in [0.3, 0.4) is 0 Å². The van der Waals surface area contributed by atoms with Gasteiger partial charge in [-0.1, -0.05) is 53.6 Å². The van der Waals surface area contributed by atoms with Crippen LogP contribution in [0, 0.1) is 13.5 Å². The predicted molar refractivity (Wildman–Crippen MR) is 87.3 cm³/mol. The summed E-state index contributed by atoms with van der Waals surface area (Å²) in [6, 6.07) is 14.7. The van der Waals surface area contributed by atoms with Crippen molar-refractivity contribution in [3.63, 3.8) is 0 Å². The molecule has 0 saturated carbocycles. The first kappa shape index (κ1) is 15.8. The molecule has 0 fully saturated rings. The highest BCUT2D eigenvalue weighted by Crippen LogP contribution is 2.29. The number of aryl methyl sites for hydroxylation is 1. The van der Waals surface area contributed by atoms with E-state index in [0.717, 1.165) is 16.7 Å². The van der Waals surface area contributed by atoms with Gasteiger partial charge < -0.3 is 4.74 Å². The molecule has 0 saturated heterocycles.